The highest BCUT2D eigenvalue weighted by molar-refractivity contribution is 7.99. The van der Waals surface area contributed by atoms with Crippen molar-refractivity contribution in [1.29, 1.82) is 0 Å². The molecule has 8 heteroatoms. The van der Waals surface area contributed by atoms with Gasteiger partial charge in [0, 0.05) is 23.9 Å². The maximum absolute atomic E-state index is 12.6. The standard InChI is InChI=1S/C27H26N2O5S/c30-25(29(16-26(31)32)19-8-2-1-3-9-19)18-35-15-14-28-27(33)34-17-24-22-12-6-4-10-20(22)21-11-5-7-13-23(21)24/h1-13,24H,14-18H2,(H,28,33)(H,31,32). The van der Waals surface area contributed by atoms with Gasteiger partial charge >= 0.3 is 12.1 Å². The number of carboxylic acid groups (broad SMARTS) is 1. The Morgan fingerprint density at radius 2 is 1.49 bits per heavy atom. The first-order valence-corrected chi connectivity index (χ1v) is 12.4. The van der Waals surface area contributed by atoms with Crippen LogP contribution < -0.4 is 10.2 Å². The van der Waals surface area contributed by atoms with Crippen LogP contribution in [-0.4, -0.2) is 54.3 Å². The quantitative estimate of drug-likeness (QED) is 0.410. The van der Waals surface area contributed by atoms with Gasteiger partial charge in [-0.3, -0.25) is 9.59 Å². The zero-order valence-electron chi connectivity index (χ0n) is 19.1. The number of alkyl carbamates (subject to hydrolysis) is 1. The fourth-order valence-corrected chi connectivity index (χ4v) is 4.90. The van der Waals surface area contributed by atoms with E-state index < -0.39 is 18.6 Å². The van der Waals surface area contributed by atoms with E-state index in [1.165, 1.54) is 27.8 Å². The van der Waals surface area contributed by atoms with E-state index >= 15 is 0 Å². The van der Waals surface area contributed by atoms with Crippen molar-refractivity contribution >= 4 is 35.4 Å². The van der Waals surface area contributed by atoms with Crippen molar-refractivity contribution in [2.75, 3.05) is 36.1 Å². The monoisotopic (exact) mass is 490 g/mol. The lowest BCUT2D eigenvalue weighted by Gasteiger charge is -2.20. The normalized spacial score (nSPS) is 11.9. The van der Waals surface area contributed by atoms with Crippen molar-refractivity contribution in [1.82, 2.24) is 5.32 Å². The van der Waals surface area contributed by atoms with Gasteiger partial charge in [0.1, 0.15) is 13.2 Å². The first-order valence-electron chi connectivity index (χ1n) is 11.3. The fourth-order valence-electron chi connectivity index (χ4n) is 4.18. The highest BCUT2D eigenvalue weighted by Gasteiger charge is 2.29. The van der Waals surface area contributed by atoms with E-state index in [-0.39, 0.29) is 24.2 Å². The summed E-state index contributed by atoms with van der Waals surface area (Å²) in [7, 11) is 0. The molecule has 2 N–H and O–H groups in total. The molecule has 7 nitrogen and oxygen atoms in total. The Morgan fingerprint density at radius 3 is 2.11 bits per heavy atom. The number of hydrogen-bond acceptors (Lipinski definition) is 5. The molecule has 35 heavy (non-hydrogen) atoms. The highest BCUT2D eigenvalue weighted by Crippen LogP contribution is 2.44. The van der Waals surface area contributed by atoms with E-state index in [1.54, 1.807) is 30.3 Å². The van der Waals surface area contributed by atoms with Crippen LogP contribution in [-0.2, 0) is 14.3 Å². The number of anilines is 1. The summed E-state index contributed by atoms with van der Waals surface area (Å²) in [6, 6.07) is 25.0. The number of fused-ring (bicyclic) bond motifs is 3. The van der Waals surface area contributed by atoms with Crippen molar-refractivity contribution in [3.63, 3.8) is 0 Å². The average Bonchev–Trinajstić information content (AvgIpc) is 3.20. The number of benzene rings is 3. The molecule has 3 aromatic carbocycles. The molecule has 0 radical (unpaired) electrons. The average molecular weight is 491 g/mol. The van der Waals surface area contributed by atoms with Crippen LogP contribution >= 0.6 is 11.8 Å². The molecule has 3 aromatic rings. The Hall–Kier alpha value is -3.78. The van der Waals surface area contributed by atoms with Gasteiger partial charge in [-0.1, -0.05) is 66.7 Å². The molecule has 0 saturated carbocycles. The molecule has 1 aliphatic rings. The van der Waals surface area contributed by atoms with Crippen LogP contribution in [0.2, 0.25) is 0 Å². The van der Waals surface area contributed by atoms with Crippen LogP contribution in [0.5, 0.6) is 0 Å². The number of amides is 2. The largest absolute Gasteiger partial charge is 0.480 e. The Labute approximate surface area is 208 Å². The number of carbonyl (C=O) groups is 3. The predicted molar refractivity (Wildman–Crippen MR) is 137 cm³/mol. The number of thioether (sulfide) groups is 1. The van der Waals surface area contributed by atoms with Crippen LogP contribution in [0.3, 0.4) is 0 Å². The molecular formula is C27H26N2O5S. The van der Waals surface area contributed by atoms with E-state index in [1.807, 2.05) is 24.3 Å². The zero-order valence-corrected chi connectivity index (χ0v) is 19.9. The molecule has 180 valence electrons. The molecule has 0 aliphatic heterocycles. The lowest BCUT2D eigenvalue weighted by Crippen LogP contribution is -2.37. The third-order valence-corrected chi connectivity index (χ3v) is 6.69. The van der Waals surface area contributed by atoms with Gasteiger partial charge in [0.05, 0.1) is 5.75 Å². The number of hydrogen-bond donors (Lipinski definition) is 2. The second kappa shape index (κ2) is 11.6. The summed E-state index contributed by atoms with van der Waals surface area (Å²) in [6.07, 6.45) is -0.504. The Morgan fingerprint density at radius 1 is 0.886 bits per heavy atom. The smallest absolute Gasteiger partial charge is 0.407 e. The maximum Gasteiger partial charge on any atom is 0.407 e. The van der Waals surface area contributed by atoms with Gasteiger partial charge in [0.2, 0.25) is 5.91 Å². The first-order chi connectivity index (χ1) is 17.0. The molecule has 0 fully saturated rings. The van der Waals surface area contributed by atoms with Gasteiger partial charge in [-0.05, 0) is 34.4 Å². The molecule has 0 aromatic heterocycles. The third kappa shape index (κ3) is 6.02. The molecule has 0 saturated heterocycles. The molecule has 0 heterocycles. The third-order valence-electron chi connectivity index (χ3n) is 5.75. The van der Waals surface area contributed by atoms with E-state index in [0.717, 1.165) is 11.1 Å². The number of rotatable bonds is 10. The number of carboxylic acids is 1. The Bertz CT molecular complexity index is 1160. The molecule has 0 atom stereocenters. The molecule has 0 spiro atoms. The van der Waals surface area contributed by atoms with E-state index in [2.05, 4.69) is 29.6 Å². The van der Waals surface area contributed by atoms with Crippen LogP contribution in [0.1, 0.15) is 17.0 Å². The summed E-state index contributed by atoms with van der Waals surface area (Å²) in [5.41, 5.74) is 5.19. The number of carbonyl (C=O) groups excluding carboxylic acids is 2. The molecule has 4 rings (SSSR count). The van der Waals surface area contributed by atoms with Crippen molar-refractivity contribution in [2.24, 2.45) is 0 Å². The van der Waals surface area contributed by atoms with Crippen molar-refractivity contribution in [3.05, 3.63) is 90.0 Å². The first kappa shape index (κ1) is 24.3. The SMILES string of the molecule is O=C(O)CN(C(=O)CSCCNC(=O)OCC1c2ccccc2-c2ccccc21)c1ccccc1. The Kier molecular flexibility index (Phi) is 8.05. The number of ether oxygens (including phenoxy) is 1. The second-order valence-corrected chi connectivity index (χ2v) is 9.12. The van der Waals surface area contributed by atoms with Gasteiger partial charge in [0.25, 0.3) is 0 Å². The second-order valence-electron chi connectivity index (χ2n) is 8.01. The number of para-hydroxylation sites is 1. The lowest BCUT2D eigenvalue weighted by atomic mass is 9.98. The zero-order chi connectivity index (χ0) is 24.6. The number of aliphatic carboxylic acids is 1. The fraction of sp³-hybridized carbons (Fsp3) is 0.222. The predicted octanol–water partition coefficient (Wildman–Crippen LogP) is 4.38. The van der Waals surface area contributed by atoms with Crippen LogP contribution in [0.4, 0.5) is 10.5 Å². The molecule has 2 amide bonds. The van der Waals surface area contributed by atoms with E-state index in [0.29, 0.717) is 18.0 Å². The number of nitrogens with one attached hydrogen (secondary N) is 1. The summed E-state index contributed by atoms with van der Waals surface area (Å²) in [6.45, 7) is 0.174. The summed E-state index contributed by atoms with van der Waals surface area (Å²) in [4.78, 5) is 37.2. The molecule has 0 unspecified atom stereocenters. The minimum Gasteiger partial charge on any atom is -0.480 e. The van der Waals surface area contributed by atoms with Gasteiger partial charge in [0.15, 0.2) is 0 Å². The van der Waals surface area contributed by atoms with Crippen LogP contribution in [0.15, 0.2) is 78.9 Å². The molecule has 0 bridgehead atoms. The van der Waals surface area contributed by atoms with Crippen molar-refractivity contribution in [2.45, 2.75) is 5.92 Å². The minimum absolute atomic E-state index is 0.00153. The highest BCUT2D eigenvalue weighted by atomic mass is 32.2. The summed E-state index contributed by atoms with van der Waals surface area (Å²) in [5, 5.41) is 11.9. The van der Waals surface area contributed by atoms with Gasteiger partial charge < -0.3 is 20.1 Å². The summed E-state index contributed by atoms with van der Waals surface area (Å²) < 4.78 is 5.51. The van der Waals surface area contributed by atoms with Gasteiger partial charge in [-0.15, -0.1) is 0 Å². The van der Waals surface area contributed by atoms with Crippen LogP contribution in [0.25, 0.3) is 11.1 Å². The lowest BCUT2D eigenvalue weighted by molar-refractivity contribution is -0.136. The Balaban J connectivity index is 1.21. The van der Waals surface area contributed by atoms with E-state index in [4.69, 9.17) is 9.84 Å². The maximum atomic E-state index is 12.6. The number of nitrogens with zero attached hydrogens (tertiary/aromatic N) is 1. The molecule has 1 aliphatic carbocycles. The van der Waals surface area contributed by atoms with Gasteiger partial charge in [-0.25, -0.2) is 4.79 Å². The molecular weight excluding hydrogens is 464 g/mol. The minimum atomic E-state index is -1.08. The summed E-state index contributed by atoms with van der Waals surface area (Å²) >= 11 is 1.32. The van der Waals surface area contributed by atoms with Gasteiger partial charge in [-0.2, -0.15) is 11.8 Å². The van der Waals surface area contributed by atoms with E-state index in [9.17, 15) is 14.4 Å². The topological polar surface area (TPSA) is 95.9 Å². The van der Waals surface area contributed by atoms with Crippen molar-refractivity contribution in [3.8, 4) is 11.1 Å². The van der Waals surface area contributed by atoms with Crippen molar-refractivity contribution < 1.29 is 24.2 Å². The van der Waals surface area contributed by atoms with Crippen LogP contribution in [0, 0.1) is 0 Å². The summed E-state index contributed by atoms with van der Waals surface area (Å²) in [5.74, 6) is -0.785.